The average molecular weight is 323 g/mol. The standard InChI is InChI=1S/C20H25N3O/c21-19-9-7-16(8-10-19)13-20(24)22-14-17-3-5-18(6-4-17)15-23-11-1-2-12-23/h3-10H,1-2,11-15,21H2,(H,22,24). The number of nitrogen functional groups attached to an aromatic ring is 1. The topological polar surface area (TPSA) is 58.4 Å². The number of nitrogens with one attached hydrogen (secondary N) is 1. The van der Waals surface area contributed by atoms with E-state index in [1.165, 1.54) is 31.5 Å². The summed E-state index contributed by atoms with van der Waals surface area (Å²) in [7, 11) is 0. The van der Waals surface area contributed by atoms with Gasteiger partial charge in [-0.15, -0.1) is 0 Å². The molecule has 0 aliphatic carbocycles. The van der Waals surface area contributed by atoms with Gasteiger partial charge in [-0.2, -0.15) is 0 Å². The molecule has 4 heteroatoms. The molecule has 0 atom stereocenters. The van der Waals surface area contributed by atoms with Crippen molar-refractivity contribution in [3.63, 3.8) is 0 Å². The summed E-state index contributed by atoms with van der Waals surface area (Å²) in [5.41, 5.74) is 9.81. The molecule has 2 aromatic carbocycles. The van der Waals surface area contributed by atoms with Crippen molar-refractivity contribution >= 4 is 11.6 Å². The summed E-state index contributed by atoms with van der Waals surface area (Å²) in [6, 6.07) is 16.0. The Bertz CT molecular complexity index is 658. The van der Waals surface area contributed by atoms with Crippen LogP contribution in [0.2, 0.25) is 0 Å². The van der Waals surface area contributed by atoms with Gasteiger partial charge >= 0.3 is 0 Å². The van der Waals surface area contributed by atoms with Gasteiger partial charge in [0, 0.05) is 18.8 Å². The van der Waals surface area contributed by atoms with Crippen LogP contribution >= 0.6 is 0 Å². The highest BCUT2D eigenvalue weighted by Crippen LogP contribution is 2.13. The van der Waals surface area contributed by atoms with E-state index in [-0.39, 0.29) is 5.91 Å². The molecule has 2 aromatic rings. The molecule has 0 bridgehead atoms. The number of anilines is 1. The normalized spacial score (nSPS) is 14.7. The maximum atomic E-state index is 12.0. The third-order valence-corrected chi connectivity index (χ3v) is 4.46. The van der Waals surface area contributed by atoms with Gasteiger partial charge in [-0.1, -0.05) is 36.4 Å². The summed E-state index contributed by atoms with van der Waals surface area (Å²) in [5, 5.41) is 2.97. The summed E-state index contributed by atoms with van der Waals surface area (Å²) in [6.07, 6.45) is 3.02. The predicted octanol–water partition coefficient (Wildman–Crippen LogP) is 2.72. The summed E-state index contributed by atoms with van der Waals surface area (Å²) in [5.74, 6) is 0.0286. The zero-order valence-electron chi connectivity index (χ0n) is 14.0. The fourth-order valence-corrected chi connectivity index (χ4v) is 3.05. The van der Waals surface area contributed by atoms with E-state index >= 15 is 0 Å². The molecule has 24 heavy (non-hydrogen) atoms. The van der Waals surface area contributed by atoms with E-state index in [9.17, 15) is 4.79 Å². The highest BCUT2D eigenvalue weighted by molar-refractivity contribution is 5.78. The first-order valence-electron chi connectivity index (χ1n) is 8.60. The van der Waals surface area contributed by atoms with Crippen LogP contribution in [0.1, 0.15) is 29.5 Å². The first-order valence-corrected chi connectivity index (χ1v) is 8.60. The van der Waals surface area contributed by atoms with Crippen LogP contribution in [0.5, 0.6) is 0 Å². The quantitative estimate of drug-likeness (QED) is 0.804. The third-order valence-electron chi connectivity index (χ3n) is 4.46. The minimum atomic E-state index is 0.0286. The van der Waals surface area contributed by atoms with E-state index in [1.807, 2.05) is 24.3 Å². The molecule has 0 saturated carbocycles. The Balaban J connectivity index is 1.45. The molecule has 3 N–H and O–H groups in total. The zero-order chi connectivity index (χ0) is 16.8. The number of benzene rings is 2. The average Bonchev–Trinajstić information content (AvgIpc) is 3.09. The number of hydrogen-bond acceptors (Lipinski definition) is 3. The van der Waals surface area contributed by atoms with Gasteiger partial charge < -0.3 is 11.1 Å². The lowest BCUT2D eigenvalue weighted by Crippen LogP contribution is -2.24. The van der Waals surface area contributed by atoms with Gasteiger partial charge in [0.15, 0.2) is 0 Å². The summed E-state index contributed by atoms with van der Waals surface area (Å²) in [4.78, 5) is 14.5. The maximum absolute atomic E-state index is 12.0. The van der Waals surface area contributed by atoms with Crippen LogP contribution in [0.3, 0.4) is 0 Å². The zero-order valence-corrected chi connectivity index (χ0v) is 14.0. The molecule has 0 radical (unpaired) electrons. The van der Waals surface area contributed by atoms with Crippen molar-refractivity contribution in [1.82, 2.24) is 10.2 Å². The molecular weight excluding hydrogens is 298 g/mol. The first-order chi connectivity index (χ1) is 11.7. The van der Waals surface area contributed by atoms with Crippen LogP contribution in [0.25, 0.3) is 0 Å². The Kier molecular flexibility index (Phi) is 5.49. The minimum Gasteiger partial charge on any atom is -0.399 e. The summed E-state index contributed by atoms with van der Waals surface area (Å²) >= 11 is 0. The van der Waals surface area contributed by atoms with E-state index in [4.69, 9.17) is 5.73 Å². The Morgan fingerprint density at radius 3 is 2.17 bits per heavy atom. The second kappa shape index (κ2) is 7.97. The Labute approximate surface area is 143 Å². The second-order valence-corrected chi connectivity index (χ2v) is 6.49. The van der Waals surface area contributed by atoms with Gasteiger partial charge in [0.05, 0.1) is 6.42 Å². The van der Waals surface area contributed by atoms with Crippen molar-refractivity contribution in [3.8, 4) is 0 Å². The fraction of sp³-hybridized carbons (Fsp3) is 0.350. The molecule has 3 rings (SSSR count). The van der Waals surface area contributed by atoms with Crippen molar-refractivity contribution in [2.75, 3.05) is 18.8 Å². The lowest BCUT2D eigenvalue weighted by atomic mass is 10.1. The number of nitrogens with zero attached hydrogens (tertiary/aromatic N) is 1. The van der Waals surface area contributed by atoms with Gasteiger partial charge in [0.1, 0.15) is 0 Å². The molecule has 1 fully saturated rings. The maximum Gasteiger partial charge on any atom is 0.224 e. The van der Waals surface area contributed by atoms with Crippen LogP contribution in [0.4, 0.5) is 5.69 Å². The molecule has 0 unspecified atom stereocenters. The van der Waals surface area contributed by atoms with Crippen LogP contribution in [-0.4, -0.2) is 23.9 Å². The van der Waals surface area contributed by atoms with E-state index in [0.717, 1.165) is 17.7 Å². The molecule has 126 valence electrons. The first kappa shape index (κ1) is 16.5. The molecule has 4 nitrogen and oxygen atoms in total. The summed E-state index contributed by atoms with van der Waals surface area (Å²) < 4.78 is 0. The fourth-order valence-electron chi connectivity index (χ4n) is 3.05. The van der Waals surface area contributed by atoms with Crippen molar-refractivity contribution < 1.29 is 4.79 Å². The highest BCUT2D eigenvalue weighted by Gasteiger charge is 2.11. The van der Waals surface area contributed by atoms with Gasteiger partial charge in [-0.3, -0.25) is 9.69 Å². The van der Waals surface area contributed by atoms with E-state index < -0.39 is 0 Å². The van der Waals surface area contributed by atoms with E-state index in [1.54, 1.807) is 0 Å². The molecule has 1 heterocycles. The van der Waals surface area contributed by atoms with Crippen LogP contribution in [0, 0.1) is 0 Å². The molecule has 1 amide bonds. The van der Waals surface area contributed by atoms with Gasteiger partial charge in [-0.05, 0) is 54.8 Å². The lowest BCUT2D eigenvalue weighted by Gasteiger charge is -2.14. The number of likely N-dealkylation sites (tertiary alicyclic amines) is 1. The van der Waals surface area contributed by atoms with E-state index in [2.05, 4.69) is 34.5 Å². The van der Waals surface area contributed by atoms with Gasteiger partial charge in [-0.25, -0.2) is 0 Å². The smallest absolute Gasteiger partial charge is 0.224 e. The highest BCUT2D eigenvalue weighted by atomic mass is 16.1. The van der Waals surface area contributed by atoms with E-state index in [0.29, 0.717) is 18.7 Å². The number of rotatable bonds is 6. The largest absolute Gasteiger partial charge is 0.399 e. The van der Waals surface area contributed by atoms with Crippen LogP contribution in [-0.2, 0) is 24.3 Å². The Hall–Kier alpha value is -2.33. The summed E-state index contributed by atoms with van der Waals surface area (Å²) in [6.45, 7) is 4.02. The second-order valence-electron chi connectivity index (χ2n) is 6.49. The van der Waals surface area contributed by atoms with Crippen molar-refractivity contribution in [3.05, 3.63) is 65.2 Å². The van der Waals surface area contributed by atoms with Crippen molar-refractivity contribution in [1.29, 1.82) is 0 Å². The minimum absolute atomic E-state index is 0.0286. The van der Waals surface area contributed by atoms with Crippen LogP contribution in [0.15, 0.2) is 48.5 Å². The lowest BCUT2D eigenvalue weighted by molar-refractivity contribution is -0.120. The third kappa shape index (κ3) is 4.83. The SMILES string of the molecule is Nc1ccc(CC(=O)NCc2ccc(CN3CCCC3)cc2)cc1. The van der Waals surface area contributed by atoms with Crippen molar-refractivity contribution in [2.24, 2.45) is 0 Å². The van der Waals surface area contributed by atoms with Crippen LogP contribution < -0.4 is 11.1 Å². The predicted molar refractivity (Wildman–Crippen MR) is 97.4 cm³/mol. The van der Waals surface area contributed by atoms with Gasteiger partial charge in [0.25, 0.3) is 0 Å². The molecule has 1 aliphatic rings. The molecule has 0 spiro atoms. The van der Waals surface area contributed by atoms with Gasteiger partial charge in [0.2, 0.25) is 5.91 Å². The molecule has 1 saturated heterocycles. The molecule has 1 aliphatic heterocycles. The van der Waals surface area contributed by atoms with Crippen molar-refractivity contribution in [2.45, 2.75) is 32.4 Å². The number of carbonyl (C=O) groups is 1. The molecular formula is C20H25N3O. The number of amides is 1. The monoisotopic (exact) mass is 323 g/mol. The Morgan fingerprint density at radius 1 is 0.917 bits per heavy atom. The number of hydrogen-bond donors (Lipinski definition) is 2. The number of nitrogens with two attached hydrogens (primary N) is 1. The number of carbonyl (C=O) groups excluding carboxylic acids is 1. The Morgan fingerprint density at radius 2 is 1.50 bits per heavy atom. The molecule has 0 aromatic heterocycles.